The number of nitrogens with zero attached hydrogens (tertiary/aromatic N) is 1. The van der Waals surface area contributed by atoms with E-state index in [0.717, 1.165) is 38.1 Å². The Labute approximate surface area is 150 Å². The van der Waals surface area contributed by atoms with Crippen molar-refractivity contribution in [3.05, 3.63) is 52.2 Å². The van der Waals surface area contributed by atoms with E-state index >= 15 is 0 Å². The Hall–Kier alpha value is -1.35. The van der Waals surface area contributed by atoms with Crippen molar-refractivity contribution < 1.29 is 17.2 Å². The van der Waals surface area contributed by atoms with Crippen molar-refractivity contribution in [3.63, 3.8) is 0 Å². The van der Waals surface area contributed by atoms with Crippen LogP contribution >= 0.6 is 11.3 Å². The van der Waals surface area contributed by atoms with Gasteiger partial charge in [-0.2, -0.15) is 0 Å². The summed E-state index contributed by atoms with van der Waals surface area (Å²) in [5.74, 6) is -1.30. The Balaban J connectivity index is 1.48. The van der Waals surface area contributed by atoms with Crippen molar-refractivity contribution in [2.45, 2.75) is 23.7 Å². The van der Waals surface area contributed by atoms with Crippen LogP contribution in [0.2, 0.25) is 0 Å². The van der Waals surface area contributed by atoms with Crippen LogP contribution in [0.3, 0.4) is 0 Å². The highest BCUT2D eigenvalue weighted by Crippen LogP contribution is 2.30. The van der Waals surface area contributed by atoms with Gasteiger partial charge in [-0.1, -0.05) is 6.07 Å². The number of sulfonamides is 1. The number of hydrogen-bond donors (Lipinski definition) is 1. The second-order valence-corrected chi connectivity index (χ2v) is 8.82. The van der Waals surface area contributed by atoms with Gasteiger partial charge < -0.3 is 4.90 Å². The molecule has 1 saturated heterocycles. The molecule has 0 radical (unpaired) electrons. The summed E-state index contributed by atoms with van der Waals surface area (Å²) in [4.78, 5) is 3.09. The molecule has 3 rings (SSSR count). The van der Waals surface area contributed by atoms with Crippen LogP contribution in [-0.4, -0.2) is 39.5 Å². The standard InChI is InChI=1S/C17H20F2N2O2S2/c18-14-3-4-17(15(19)12-14)25(22,23)20-7-10-21-8-5-13(6-9-21)16-2-1-11-24-16/h1-4,11-13,20H,5-10H2. The maximum absolute atomic E-state index is 13.6. The fraction of sp³-hybridized carbons (Fsp3) is 0.412. The summed E-state index contributed by atoms with van der Waals surface area (Å²) < 4.78 is 53.2. The molecule has 0 spiro atoms. The molecule has 25 heavy (non-hydrogen) atoms. The molecule has 2 heterocycles. The number of hydrogen-bond acceptors (Lipinski definition) is 4. The molecule has 0 bridgehead atoms. The van der Waals surface area contributed by atoms with Gasteiger partial charge in [0.25, 0.3) is 0 Å². The Kier molecular flexibility index (Phi) is 5.83. The van der Waals surface area contributed by atoms with Crippen LogP contribution in [-0.2, 0) is 10.0 Å². The van der Waals surface area contributed by atoms with E-state index < -0.39 is 26.6 Å². The zero-order valence-corrected chi connectivity index (χ0v) is 15.3. The number of rotatable bonds is 6. The molecular weight excluding hydrogens is 366 g/mol. The summed E-state index contributed by atoms with van der Waals surface area (Å²) in [6.45, 7) is 2.59. The predicted molar refractivity (Wildman–Crippen MR) is 94.3 cm³/mol. The first-order chi connectivity index (χ1) is 12.0. The van der Waals surface area contributed by atoms with Crippen LogP contribution in [0, 0.1) is 11.6 Å². The van der Waals surface area contributed by atoms with Gasteiger partial charge in [0.05, 0.1) is 0 Å². The number of piperidine rings is 1. The maximum Gasteiger partial charge on any atom is 0.243 e. The lowest BCUT2D eigenvalue weighted by Crippen LogP contribution is -2.39. The molecule has 1 aliphatic heterocycles. The number of nitrogens with one attached hydrogen (secondary N) is 1. The topological polar surface area (TPSA) is 49.4 Å². The number of thiophene rings is 1. The average Bonchev–Trinajstić information content (AvgIpc) is 3.09. The zero-order chi connectivity index (χ0) is 17.9. The molecule has 8 heteroatoms. The SMILES string of the molecule is O=S(=O)(NCCN1CCC(c2cccs2)CC1)c1ccc(F)cc1F. The van der Waals surface area contributed by atoms with E-state index in [1.54, 1.807) is 11.3 Å². The fourth-order valence-electron chi connectivity index (χ4n) is 3.07. The van der Waals surface area contributed by atoms with Crippen LogP contribution in [0.4, 0.5) is 8.78 Å². The molecule has 1 aromatic carbocycles. The third kappa shape index (κ3) is 4.63. The Morgan fingerprint density at radius 1 is 1.20 bits per heavy atom. The molecule has 1 aromatic heterocycles. The molecule has 4 nitrogen and oxygen atoms in total. The van der Waals surface area contributed by atoms with E-state index in [2.05, 4.69) is 27.1 Å². The average molecular weight is 386 g/mol. The maximum atomic E-state index is 13.6. The van der Waals surface area contributed by atoms with Gasteiger partial charge in [-0.15, -0.1) is 11.3 Å². The number of halogens is 2. The second-order valence-electron chi connectivity index (χ2n) is 6.10. The summed E-state index contributed by atoms with van der Waals surface area (Å²) >= 11 is 1.78. The van der Waals surface area contributed by atoms with Gasteiger partial charge in [-0.05, 0) is 55.4 Å². The zero-order valence-electron chi connectivity index (χ0n) is 13.6. The summed E-state index contributed by atoms with van der Waals surface area (Å²) in [7, 11) is -3.97. The third-order valence-electron chi connectivity index (χ3n) is 4.44. The highest BCUT2D eigenvalue weighted by atomic mass is 32.2. The normalized spacial score (nSPS) is 17.0. The van der Waals surface area contributed by atoms with Gasteiger partial charge in [0.2, 0.25) is 10.0 Å². The van der Waals surface area contributed by atoms with E-state index in [9.17, 15) is 17.2 Å². The molecule has 1 aliphatic rings. The molecule has 1 fully saturated rings. The lowest BCUT2D eigenvalue weighted by Gasteiger charge is -2.31. The Morgan fingerprint density at radius 2 is 1.96 bits per heavy atom. The lowest BCUT2D eigenvalue weighted by atomic mass is 9.95. The molecule has 0 saturated carbocycles. The molecule has 1 N–H and O–H groups in total. The molecule has 0 aliphatic carbocycles. The Morgan fingerprint density at radius 3 is 2.60 bits per heavy atom. The van der Waals surface area contributed by atoms with Crippen LogP contribution in [0.5, 0.6) is 0 Å². The molecule has 0 unspecified atom stereocenters. The molecule has 0 amide bonds. The molecule has 136 valence electrons. The van der Waals surface area contributed by atoms with Crippen molar-refractivity contribution in [1.82, 2.24) is 9.62 Å². The Bertz CT molecular complexity index is 802. The van der Waals surface area contributed by atoms with Gasteiger partial charge in [-0.25, -0.2) is 21.9 Å². The first-order valence-corrected chi connectivity index (χ1v) is 10.5. The number of benzene rings is 1. The fourth-order valence-corrected chi connectivity index (χ4v) is 5.05. The van der Waals surface area contributed by atoms with E-state index in [1.165, 1.54) is 4.88 Å². The van der Waals surface area contributed by atoms with Crippen LogP contribution in [0.1, 0.15) is 23.6 Å². The van der Waals surface area contributed by atoms with Crippen molar-refractivity contribution >= 4 is 21.4 Å². The van der Waals surface area contributed by atoms with Crippen LogP contribution in [0.15, 0.2) is 40.6 Å². The van der Waals surface area contributed by atoms with E-state index in [-0.39, 0.29) is 6.54 Å². The van der Waals surface area contributed by atoms with E-state index in [0.29, 0.717) is 18.5 Å². The van der Waals surface area contributed by atoms with Gasteiger partial charge in [0.1, 0.15) is 16.5 Å². The molecular formula is C17H20F2N2O2S2. The summed E-state index contributed by atoms with van der Waals surface area (Å²) in [6.07, 6.45) is 2.11. The van der Waals surface area contributed by atoms with Gasteiger partial charge in [0.15, 0.2) is 0 Å². The number of likely N-dealkylation sites (tertiary alicyclic amines) is 1. The second kappa shape index (κ2) is 7.90. The quantitative estimate of drug-likeness (QED) is 0.830. The summed E-state index contributed by atoms with van der Waals surface area (Å²) in [5.41, 5.74) is 0. The first kappa shape index (κ1) is 18.4. The van der Waals surface area contributed by atoms with Crippen LogP contribution < -0.4 is 4.72 Å². The monoisotopic (exact) mass is 386 g/mol. The minimum absolute atomic E-state index is 0.197. The smallest absolute Gasteiger partial charge is 0.243 e. The van der Waals surface area contributed by atoms with Crippen molar-refractivity contribution in [2.75, 3.05) is 26.2 Å². The van der Waals surface area contributed by atoms with E-state index in [1.807, 2.05) is 0 Å². The first-order valence-electron chi connectivity index (χ1n) is 8.16. The molecule has 0 atom stereocenters. The van der Waals surface area contributed by atoms with Gasteiger partial charge >= 0.3 is 0 Å². The lowest BCUT2D eigenvalue weighted by molar-refractivity contribution is 0.217. The van der Waals surface area contributed by atoms with E-state index in [4.69, 9.17) is 0 Å². The van der Waals surface area contributed by atoms with Crippen LogP contribution in [0.25, 0.3) is 0 Å². The van der Waals surface area contributed by atoms with Crippen molar-refractivity contribution in [2.24, 2.45) is 0 Å². The summed E-state index contributed by atoms with van der Waals surface area (Å²) in [5, 5.41) is 2.09. The summed E-state index contributed by atoms with van der Waals surface area (Å²) in [6, 6.07) is 6.68. The van der Waals surface area contributed by atoms with Gasteiger partial charge in [0, 0.05) is 24.0 Å². The van der Waals surface area contributed by atoms with Crippen molar-refractivity contribution in [1.29, 1.82) is 0 Å². The van der Waals surface area contributed by atoms with Gasteiger partial charge in [-0.3, -0.25) is 0 Å². The largest absolute Gasteiger partial charge is 0.302 e. The minimum Gasteiger partial charge on any atom is -0.302 e. The predicted octanol–water partition coefficient (Wildman–Crippen LogP) is 3.18. The highest BCUT2D eigenvalue weighted by molar-refractivity contribution is 7.89. The van der Waals surface area contributed by atoms with Crippen molar-refractivity contribution in [3.8, 4) is 0 Å². The highest BCUT2D eigenvalue weighted by Gasteiger charge is 2.22. The third-order valence-corrected chi connectivity index (χ3v) is 6.97. The minimum atomic E-state index is -3.97. The molecule has 2 aromatic rings.